The van der Waals surface area contributed by atoms with Crippen LogP contribution in [0, 0.1) is 0 Å². The van der Waals surface area contributed by atoms with Crippen LogP contribution in [0.2, 0.25) is 10.0 Å². The molecule has 10 heteroatoms. The average Bonchev–Trinajstić information content (AvgIpc) is 3.18. The normalized spacial score (nSPS) is 17.1. The highest BCUT2D eigenvalue weighted by Crippen LogP contribution is 2.40. The number of imide groups is 1. The van der Waals surface area contributed by atoms with Gasteiger partial charge in [-0.05, 0) is 57.5 Å². The molecule has 1 saturated heterocycles. The zero-order chi connectivity index (χ0) is 20.0. The van der Waals surface area contributed by atoms with Crippen LogP contribution in [0.15, 0.2) is 33.6 Å². The van der Waals surface area contributed by atoms with E-state index in [1.165, 1.54) is 18.2 Å². The third-order valence-electron chi connectivity index (χ3n) is 4.09. The summed E-state index contributed by atoms with van der Waals surface area (Å²) in [4.78, 5) is 26.4. The molecule has 2 aliphatic heterocycles. The number of amides is 2. The Bertz CT molecular complexity index is 1060. The fourth-order valence-electron chi connectivity index (χ4n) is 2.72. The van der Waals surface area contributed by atoms with Crippen LogP contribution in [-0.4, -0.2) is 27.9 Å². The molecule has 144 valence electrons. The lowest BCUT2D eigenvalue weighted by Gasteiger charge is -2.14. The van der Waals surface area contributed by atoms with Gasteiger partial charge in [0.1, 0.15) is 5.75 Å². The molecule has 1 fully saturated rings. The number of aromatic hydroxyl groups is 1. The monoisotopic (exact) mass is 501 g/mol. The van der Waals surface area contributed by atoms with E-state index in [4.69, 9.17) is 32.7 Å². The summed E-state index contributed by atoms with van der Waals surface area (Å²) in [6, 6.07) is 6.28. The third-order valence-corrected chi connectivity index (χ3v) is 6.17. The van der Waals surface area contributed by atoms with Gasteiger partial charge in [-0.15, -0.1) is 0 Å². The Labute approximate surface area is 182 Å². The van der Waals surface area contributed by atoms with Gasteiger partial charge < -0.3 is 14.6 Å². The Balaban J connectivity index is 1.62. The van der Waals surface area contributed by atoms with Gasteiger partial charge in [0.25, 0.3) is 11.1 Å². The van der Waals surface area contributed by atoms with Crippen LogP contribution in [0.5, 0.6) is 17.2 Å². The van der Waals surface area contributed by atoms with Gasteiger partial charge in [-0.25, -0.2) is 0 Å². The molecule has 2 aliphatic rings. The van der Waals surface area contributed by atoms with Gasteiger partial charge in [0, 0.05) is 21.7 Å². The molecule has 0 spiro atoms. The zero-order valence-corrected chi connectivity index (χ0v) is 17.8. The highest BCUT2D eigenvalue weighted by Gasteiger charge is 2.36. The topological polar surface area (TPSA) is 76.1 Å². The van der Waals surface area contributed by atoms with E-state index in [2.05, 4.69) is 15.9 Å². The maximum absolute atomic E-state index is 12.7. The van der Waals surface area contributed by atoms with Crippen LogP contribution in [0.4, 0.5) is 4.79 Å². The van der Waals surface area contributed by atoms with Crippen molar-refractivity contribution in [1.29, 1.82) is 0 Å². The summed E-state index contributed by atoms with van der Waals surface area (Å²) in [5, 5.41) is 10.5. The van der Waals surface area contributed by atoms with Gasteiger partial charge in [-0.3, -0.25) is 14.5 Å². The standard InChI is InChI=1S/C18H10BrCl2NO5S/c19-11-4-10(20)1-8(16(11)23)3-15-17(24)22(18(25)28-15)6-9-2-13-14(5-12(9)21)27-7-26-13/h1-5,23H,6-7H2/b15-3-. The number of phenolic OH excluding ortho intramolecular Hbond substituents is 1. The molecule has 0 atom stereocenters. The Hall–Kier alpha value is -1.87. The Kier molecular flexibility index (Phi) is 5.22. The van der Waals surface area contributed by atoms with E-state index in [9.17, 15) is 14.7 Å². The summed E-state index contributed by atoms with van der Waals surface area (Å²) in [5.41, 5.74) is 0.883. The summed E-state index contributed by atoms with van der Waals surface area (Å²) >= 11 is 16.2. The fourth-order valence-corrected chi connectivity index (χ4v) is 4.60. The molecule has 1 N–H and O–H groups in total. The first-order valence-corrected chi connectivity index (χ1v) is 10.2. The zero-order valence-electron chi connectivity index (χ0n) is 13.9. The molecular weight excluding hydrogens is 493 g/mol. The van der Waals surface area contributed by atoms with E-state index >= 15 is 0 Å². The molecule has 2 amide bonds. The largest absolute Gasteiger partial charge is 0.506 e. The minimum Gasteiger partial charge on any atom is -0.506 e. The minimum atomic E-state index is -0.487. The number of hydrogen-bond acceptors (Lipinski definition) is 6. The fraction of sp³-hybridized carbons (Fsp3) is 0.111. The Morgan fingerprint density at radius 2 is 1.89 bits per heavy atom. The predicted molar refractivity (Wildman–Crippen MR) is 110 cm³/mol. The van der Waals surface area contributed by atoms with Crippen molar-refractivity contribution in [2.75, 3.05) is 6.79 Å². The molecule has 2 aromatic rings. The minimum absolute atomic E-state index is 0.0112. The summed E-state index contributed by atoms with van der Waals surface area (Å²) in [6.07, 6.45) is 1.43. The van der Waals surface area contributed by atoms with Crippen LogP contribution in [0.1, 0.15) is 11.1 Å². The number of hydrogen-bond donors (Lipinski definition) is 1. The summed E-state index contributed by atoms with van der Waals surface area (Å²) in [5.74, 6) is 0.467. The number of thioether (sulfide) groups is 1. The molecule has 4 rings (SSSR count). The number of rotatable bonds is 3. The van der Waals surface area contributed by atoms with Crippen molar-refractivity contribution < 1.29 is 24.2 Å². The van der Waals surface area contributed by atoms with Crippen LogP contribution in [0.25, 0.3) is 6.08 Å². The molecule has 0 saturated carbocycles. The molecule has 0 radical (unpaired) electrons. The molecule has 0 unspecified atom stereocenters. The van der Waals surface area contributed by atoms with Crippen LogP contribution in [0.3, 0.4) is 0 Å². The van der Waals surface area contributed by atoms with Crippen molar-refractivity contribution in [1.82, 2.24) is 4.90 Å². The third kappa shape index (κ3) is 3.57. The SMILES string of the molecule is O=C1S/C(=C\c2cc(Cl)cc(Br)c2O)C(=O)N1Cc1cc2c(cc1Cl)OCO2. The number of nitrogens with zero attached hydrogens (tertiary/aromatic N) is 1. The van der Waals surface area contributed by atoms with Crippen LogP contribution < -0.4 is 9.47 Å². The maximum Gasteiger partial charge on any atom is 0.293 e. The second-order valence-corrected chi connectivity index (χ2v) is 8.58. The van der Waals surface area contributed by atoms with E-state index in [0.29, 0.717) is 37.1 Å². The first-order chi connectivity index (χ1) is 13.3. The summed E-state index contributed by atoms with van der Waals surface area (Å²) in [6.45, 7) is 0.0841. The van der Waals surface area contributed by atoms with E-state index < -0.39 is 11.1 Å². The molecule has 2 aromatic carbocycles. The molecular formula is C18H10BrCl2NO5S. The van der Waals surface area contributed by atoms with E-state index in [0.717, 1.165) is 16.7 Å². The van der Waals surface area contributed by atoms with Crippen molar-refractivity contribution in [2.24, 2.45) is 0 Å². The number of ether oxygens (including phenoxy) is 2. The van der Waals surface area contributed by atoms with Gasteiger partial charge in [-0.1, -0.05) is 23.2 Å². The van der Waals surface area contributed by atoms with Crippen molar-refractivity contribution in [3.63, 3.8) is 0 Å². The average molecular weight is 503 g/mol. The van der Waals surface area contributed by atoms with Crippen molar-refractivity contribution >= 4 is 68.1 Å². The maximum atomic E-state index is 12.7. The second-order valence-electron chi connectivity index (χ2n) is 5.89. The van der Waals surface area contributed by atoms with Gasteiger partial charge in [0.15, 0.2) is 11.5 Å². The van der Waals surface area contributed by atoms with E-state index in [-0.39, 0.29) is 24.0 Å². The highest BCUT2D eigenvalue weighted by atomic mass is 79.9. The van der Waals surface area contributed by atoms with Gasteiger partial charge in [0.2, 0.25) is 6.79 Å². The summed E-state index contributed by atoms with van der Waals surface area (Å²) in [7, 11) is 0. The number of phenols is 1. The molecule has 0 bridgehead atoms. The smallest absolute Gasteiger partial charge is 0.293 e. The lowest BCUT2D eigenvalue weighted by molar-refractivity contribution is -0.123. The van der Waals surface area contributed by atoms with Gasteiger partial charge in [-0.2, -0.15) is 0 Å². The number of fused-ring (bicyclic) bond motifs is 1. The highest BCUT2D eigenvalue weighted by molar-refractivity contribution is 9.10. The molecule has 0 aliphatic carbocycles. The lowest BCUT2D eigenvalue weighted by atomic mass is 10.1. The molecule has 28 heavy (non-hydrogen) atoms. The number of benzene rings is 2. The quantitative estimate of drug-likeness (QED) is 0.564. The second kappa shape index (κ2) is 7.51. The summed E-state index contributed by atoms with van der Waals surface area (Å²) < 4.78 is 11.0. The van der Waals surface area contributed by atoms with Gasteiger partial charge >= 0.3 is 0 Å². The number of halogens is 3. The molecule has 2 heterocycles. The Morgan fingerprint density at radius 1 is 1.18 bits per heavy atom. The lowest BCUT2D eigenvalue weighted by Crippen LogP contribution is -2.27. The van der Waals surface area contributed by atoms with Crippen molar-refractivity contribution in [3.05, 3.63) is 54.8 Å². The Morgan fingerprint density at radius 3 is 2.64 bits per heavy atom. The molecule has 0 aromatic heterocycles. The van der Waals surface area contributed by atoms with Crippen LogP contribution in [-0.2, 0) is 11.3 Å². The van der Waals surface area contributed by atoms with Gasteiger partial charge in [0.05, 0.1) is 15.9 Å². The first kappa shape index (κ1) is 19.4. The predicted octanol–water partition coefficient (Wildman–Crippen LogP) is 5.43. The molecule has 6 nitrogen and oxygen atoms in total. The van der Waals surface area contributed by atoms with Crippen LogP contribution >= 0.6 is 50.9 Å². The number of carbonyl (C=O) groups is 2. The van der Waals surface area contributed by atoms with Crippen molar-refractivity contribution in [2.45, 2.75) is 6.54 Å². The first-order valence-electron chi connectivity index (χ1n) is 7.85. The van der Waals surface area contributed by atoms with Crippen molar-refractivity contribution in [3.8, 4) is 17.2 Å². The van der Waals surface area contributed by atoms with E-state index in [1.807, 2.05) is 0 Å². The number of carbonyl (C=O) groups excluding carboxylic acids is 2. The van der Waals surface area contributed by atoms with E-state index in [1.54, 1.807) is 12.1 Å².